The average Bonchev–Trinajstić information content (AvgIpc) is 3.04. The van der Waals surface area contributed by atoms with Gasteiger partial charge in [0.1, 0.15) is 24.2 Å². The number of rotatable bonds is 11. The van der Waals surface area contributed by atoms with Gasteiger partial charge in [0, 0.05) is 0 Å². The maximum atomic E-state index is 13.1. The number of nitrogens with one attached hydrogen (secondary N) is 1. The molecule has 0 aliphatic carbocycles. The Kier molecular flexibility index (Phi) is 8.09. The van der Waals surface area contributed by atoms with Crippen LogP contribution in [0.1, 0.15) is 34.6 Å². The van der Waals surface area contributed by atoms with E-state index in [0.717, 1.165) is 0 Å². The molecule has 2 aromatic rings. The lowest BCUT2D eigenvalue weighted by atomic mass is 10.4. The lowest BCUT2D eigenvalue weighted by Crippen LogP contribution is -2.36. The number of fused-ring (bicyclic) bond motifs is 1. The molecule has 0 fully saturated rings. The van der Waals surface area contributed by atoms with Crippen molar-refractivity contribution in [2.45, 2.75) is 59.4 Å². The van der Waals surface area contributed by atoms with E-state index in [-0.39, 0.29) is 25.2 Å². The van der Waals surface area contributed by atoms with Gasteiger partial charge in [-0.1, -0.05) is 0 Å². The van der Waals surface area contributed by atoms with Gasteiger partial charge < -0.3 is 24.3 Å². The van der Waals surface area contributed by atoms with E-state index < -0.39 is 19.5 Å². The van der Waals surface area contributed by atoms with Gasteiger partial charge in [-0.25, -0.2) is 20.0 Å². The average molecular weight is 428 g/mol. The van der Waals surface area contributed by atoms with E-state index >= 15 is 0 Å². The van der Waals surface area contributed by atoms with Gasteiger partial charge in [-0.3, -0.25) is 9.36 Å². The van der Waals surface area contributed by atoms with E-state index in [1.54, 1.807) is 38.6 Å². The predicted octanol–water partition coefficient (Wildman–Crippen LogP) is 1.93. The molecule has 2 heterocycles. The van der Waals surface area contributed by atoms with Crippen LogP contribution in [-0.4, -0.2) is 56.7 Å². The molecule has 0 saturated carbocycles. The number of imidazole rings is 1. The lowest BCUT2D eigenvalue weighted by molar-refractivity contribution is -0.149. The predicted molar refractivity (Wildman–Crippen MR) is 108 cm³/mol. The summed E-state index contributed by atoms with van der Waals surface area (Å²) in [6.45, 7) is 9.22. The zero-order valence-corrected chi connectivity index (χ0v) is 18.3. The molecule has 0 bridgehead atoms. The van der Waals surface area contributed by atoms with Crippen LogP contribution in [0.3, 0.4) is 0 Å². The van der Waals surface area contributed by atoms with Gasteiger partial charge in [0.25, 0.3) is 7.52 Å². The van der Waals surface area contributed by atoms with Crippen molar-refractivity contribution >= 4 is 30.5 Å². The van der Waals surface area contributed by atoms with E-state index in [1.807, 2.05) is 6.92 Å². The van der Waals surface area contributed by atoms with Crippen LogP contribution < -0.4 is 10.8 Å². The second-order valence-corrected chi connectivity index (χ2v) is 8.98. The second kappa shape index (κ2) is 10.1. The number of nitrogens with two attached hydrogens (primary N) is 1. The van der Waals surface area contributed by atoms with Gasteiger partial charge in [0.15, 0.2) is 11.5 Å². The highest BCUT2D eigenvalue weighted by Crippen LogP contribution is 2.43. The number of ether oxygens (including phenoxy) is 2. The summed E-state index contributed by atoms with van der Waals surface area (Å²) in [5.74, 6) is -0.204. The van der Waals surface area contributed by atoms with Gasteiger partial charge in [0.2, 0.25) is 0 Å². The van der Waals surface area contributed by atoms with Gasteiger partial charge in [-0.05, 0) is 34.6 Å². The first-order valence-electron chi connectivity index (χ1n) is 9.40. The van der Waals surface area contributed by atoms with Crippen molar-refractivity contribution < 1.29 is 23.4 Å². The zero-order chi connectivity index (χ0) is 21.6. The zero-order valence-electron chi connectivity index (χ0n) is 17.4. The number of aromatic nitrogens is 4. The van der Waals surface area contributed by atoms with E-state index in [9.17, 15) is 9.36 Å². The SMILES string of the molecule is CCOP(=O)(CO[C@H](C)Cn1cnc2c(N)ncnc21)N[C@@H](C)C(=O)OC(C)C. The molecule has 3 atom stereocenters. The molecule has 2 aromatic heterocycles. The molecule has 0 aliphatic rings. The van der Waals surface area contributed by atoms with Crippen LogP contribution in [0.25, 0.3) is 11.2 Å². The van der Waals surface area contributed by atoms with Crippen molar-refractivity contribution in [1.29, 1.82) is 0 Å². The first kappa shape index (κ1) is 23.2. The summed E-state index contributed by atoms with van der Waals surface area (Å²) < 4.78 is 31.1. The summed E-state index contributed by atoms with van der Waals surface area (Å²) in [7, 11) is -3.42. The third kappa shape index (κ3) is 6.46. The Morgan fingerprint density at radius 3 is 2.66 bits per heavy atom. The van der Waals surface area contributed by atoms with E-state index in [2.05, 4.69) is 20.0 Å². The van der Waals surface area contributed by atoms with Crippen LogP contribution in [0, 0.1) is 0 Å². The Labute approximate surface area is 169 Å². The smallest absolute Gasteiger partial charge is 0.323 e. The Morgan fingerprint density at radius 2 is 2.00 bits per heavy atom. The Hall–Kier alpha value is -2.07. The summed E-state index contributed by atoms with van der Waals surface area (Å²) in [6, 6.07) is -0.800. The van der Waals surface area contributed by atoms with Crippen molar-refractivity contribution in [3.63, 3.8) is 0 Å². The number of nitrogens with zero attached hydrogens (tertiary/aromatic N) is 4. The fourth-order valence-electron chi connectivity index (χ4n) is 2.59. The number of hydrogen-bond acceptors (Lipinski definition) is 9. The van der Waals surface area contributed by atoms with Crippen molar-refractivity contribution in [3.8, 4) is 0 Å². The van der Waals surface area contributed by atoms with Gasteiger partial charge in [-0.2, -0.15) is 0 Å². The van der Waals surface area contributed by atoms with Crippen LogP contribution in [0.15, 0.2) is 12.7 Å². The highest BCUT2D eigenvalue weighted by molar-refractivity contribution is 7.56. The molecule has 12 heteroatoms. The molecule has 0 amide bonds. The van der Waals surface area contributed by atoms with E-state index in [4.69, 9.17) is 19.7 Å². The van der Waals surface area contributed by atoms with Gasteiger partial charge >= 0.3 is 5.97 Å². The maximum absolute atomic E-state index is 13.1. The molecule has 1 unspecified atom stereocenters. The number of anilines is 1. The van der Waals surface area contributed by atoms with E-state index in [1.165, 1.54) is 6.33 Å². The Morgan fingerprint density at radius 1 is 1.28 bits per heavy atom. The van der Waals surface area contributed by atoms with Crippen LogP contribution >= 0.6 is 7.52 Å². The van der Waals surface area contributed by atoms with Crippen molar-refractivity contribution in [3.05, 3.63) is 12.7 Å². The molecule has 162 valence electrons. The van der Waals surface area contributed by atoms with Crippen LogP contribution in [0.5, 0.6) is 0 Å². The van der Waals surface area contributed by atoms with Crippen molar-refractivity contribution in [1.82, 2.24) is 24.6 Å². The lowest BCUT2D eigenvalue weighted by Gasteiger charge is -2.24. The number of carbonyl (C=O) groups is 1. The molecule has 29 heavy (non-hydrogen) atoms. The Bertz CT molecular complexity index is 873. The van der Waals surface area contributed by atoms with Crippen LogP contribution in [-0.2, 0) is 29.9 Å². The summed E-state index contributed by atoms with van der Waals surface area (Å²) in [5.41, 5.74) is 6.89. The molecule has 2 rings (SSSR count). The minimum atomic E-state index is -3.42. The monoisotopic (exact) mass is 428 g/mol. The second-order valence-electron chi connectivity index (χ2n) is 6.86. The normalized spacial score (nSPS) is 15.9. The summed E-state index contributed by atoms with van der Waals surface area (Å²) >= 11 is 0. The first-order valence-corrected chi connectivity index (χ1v) is 11.2. The van der Waals surface area contributed by atoms with Crippen molar-refractivity contribution in [2.24, 2.45) is 0 Å². The molecule has 0 aromatic carbocycles. The standard InChI is InChI=1S/C17H29N6O5P/c1-6-27-29(25,22-13(5)17(24)28-11(2)3)10-26-12(4)7-23-9-21-14-15(18)19-8-20-16(14)23/h8-9,11-13H,6-7,10H2,1-5H3,(H,22,25)(H2,18,19,20)/t12-,13+,29?/m1/s1. The largest absolute Gasteiger partial charge is 0.462 e. The third-order valence-electron chi connectivity index (χ3n) is 3.85. The Balaban J connectivity index is 1.98. The molecular formula is C17H29N6O5P. The fraction of sp³-hybridized carbons (Fsp3) is 0.647. The quantitative estimate of drug-likeness (QED) is 0.402. The number of nitrogen functional groups attached to an aromatic ring is 1. The third-order valence-corrected chi connectivity index (χ3v) is 5.79. The molecule has 0 saturated heterocycles. The minimum absolute atomic E-state index is 0.203. The summed E-state index contributed by atoms with van der Waals surface area (Å²) in [5, 5.41) is 2.73. The molecule has 0 aliphatic heterocycles. The van der Waals surface area contributed by atoms with Gasteiger partial charge in [0.05, 0.1) is 31.7 Å². The van der Waals surface area contributed by atoms with Crippen LogP contribution in [0.2, 0.25) is 0 Å². The first-order chi connectivity index (χ1) is 13.6. The van der Waals surface area contributed by atoms with Gasteiger partial charge in [-0.15, -0.1) is 0 Å². The van der Waals surface area contributed by atoms with Crippen molar-refractivity contribution in [2.75, 3.05) is 18.7 Å². The highest BCUT2D eigenvalue weighted by Gasteiger charge is 2.30. The molecule has 11 nitrogen and oxygen atoms in total. The molecule has 0 spiro atoms. The topological polar surface area (TPSA) is 143 Å². The summed E-state index contributed by atoms with van der Waals surface area (Å²) in [4.78, 5) is 24.3. The maximum Gasteiger partial charge on any atom is 0.323 e. The number of esters is 1. The molecular weight excluding hydrogens is 399 g/mol. The molecule has 0 radical (unpaired) electrons. The fourth-order valence-corrected chi connectivity index (χ4v) is 4.38. The van der Waals surface area contributed by atoms with E-state index in [0.29, 0.717) is 23.5 Å². The number of carbonyl (C=O) groups excluding carboxylic acids is 1. The summed E-state index contributed by atoms with van der Waals surface area (Å²) in [6.07, 6.45) is 2.16. The minimum Gasteiger partial charge on any atom is -0.462 e. The highest BCUT2D eigenvalue weighted by atomic mass is 31.2. The molecule has 3 N–H and O–H groups in total. The number of hydrogen-bond donors (Lipinski definition) is 2. The van der Waals surface area contributed by atoms with Crippen LogP contribution in [0.4, 0.5) is 5.82 Å².